The second-order valence-electron chi connectivity index (χ2n) is 7.19. The Morgan fingerprint density at radius 2 is 2.04 bits per heavy atom. The minimum absolute atomic E-state index is 0.0512. The van der Waals surface area contributed by atoms with Crippen molar-refractivity contribution in [2.45, 2.75) is 26.8 Å². The third-order valence-corrected chi connectivity index (χ3v) is 4.82. The lowest BCUT2D eigenvalue weighted by molar-refractivity contribution is -0.119. The molecule has 28 heavy (non-hydrogen) atoms. The summed E-state index contributed by atoms with van der Waals surface area (Å²) >= 11 is 0. The molecule has 2 aromatic heterocycles. The fraction of sp³-hybridized carbons (Fsp3) is 0.238. The van der Waals surface area contributed by atoms with Gasteiger partial charge in [-0.1, -0.05) is 26.0 Å². The van der Waals surface area contributed by atoms with Crippen LogP contribution >= 0.6 is 0 Å². The van der Waals surface area contributed by atoms with E-state index in [2.05, 4.69) is 15.0 Å². The number of H-pyrrole nitrogens is 1. The summed E-state index contributed by atoms with van der Waals surface area (Å²) in [6.45, 7) is 5.43. The maximum absolute atomic E-state index is 12.9. The van der Waals surface area contributed by atoms with Crippen LogP contribution in [0.2, 0.25) is 0 Å². The number of aromatic nitrogens is 3. The lowest BCUT2D eigenvalue weighted by atomic mass is 9.93. The number of aryl methyl sites for hydroxylation is 1. The van der Waals surface area contributed by atoms with Crippen molar-refractivity contribution in [3.63, 3.8) is 0 Å². The Kier molecular flexibility index (Phi) is 4.22. The van der Waals surface area contributed by atoms with E-state index < -0.39 is 17.7 Å². The first-order valence-corrected chi connectivity index (χ1v) is 9.06. The van der Waals surface area contributed by atoms with Gasteiger partial charge in [0, 0.05) is 12.1 Å². The number of ketones is 1. The van der Waals surface area contributed by atoms with E-state index in [1.165, 1.54) is 4.90 Å². The molecule has 1 aliphatic heterocycles. The number of carbonyl (C=O) groups excluding carboxylic acids is 2. The number of hydrogen-bond donors (Lipinski definition) is 2. The molecular weight excluding hydrogens is 356 g/mol. The minimum Gasteiger partial charge on any atom is -0.503 e. The molecule has 1 amide bonds. The van der Waals surface area contributed by atoms with Gasteiger partial charge in [-0.2, -0.15) is 0 Å². The highest BCUT2D eigenvalue weighted by atomic mass is 16.3. The Morgan fingerprint density at radius 3 is 2.71 bits per heavy atom. The molecule has 1 aliphatic rings. The number of nitrogens with zero attached hydrogens (tertiary/aromatic N) is 3. The third kappa shape index (κ3) is 2.76. The maximum Gasteiger partial charge on any atom is 0.296 e. The Morgan fingerprint density at radius 1 is 1.25 bits per heavy atom. The molecule has 0 aliphatic carbocycles. The molecule has 3 aromatic rings. The lowest BCUT2D eigenvalue weighted by Gasteiger charge is -2.24. The quantitative estimate of drug-likeness (QED) is 0.727. The number of aliphatic hydroxyl groups is 1. The average Bonchev–Trinajstić information content (AvgIpc) is 3.20. The van der Waals surface area contributed by atoms with Crippen LogP contribution in [0.3, 0.4) is 0 Å². The van der Waals surface area contributed by atoms with Crippen molar-refractivity contribution < 1.29 is 14.7 Å². The van der Waals surface area contributed by atoms with Crippen LogP contribution in [-0.2, 0) is 9.59 Å². The van der Waals surface area contributed by atoms with E-state index in [4.69, 9.17) is 0 Å². The normalized spacial score (nSPS) is 17.2. The molecule has 142 valence electrons. The van der Waals surface area contributed by atoms with Gasteiger partial charge in [-0.25, -0.2) is 4.98 Å². The number of anilines is 1. The average molecular weight is 376 g/mol. The van der Waals surface area contributed by atoms with Gasteiger partial charge in [0.1, 0.15) is 6.04 Å². The molecule has 0 saturated carbocycles. The number of nitrogens with one attached hydrogen (secondary N) is 1. The van der Waals surface area contributed by atoms with Crippen LogP contribution in [0, 0.1) is 12.8 Å². The standard InChI is InChI=1S/C21H20N4O3/c1-11(2)18(26)16-17(14-6-4-5-9-22-14)25(20(28)19(16)27)21-23-13-8-7-12(3)10-15(13)24-21/h4-11,17,27H,1-3H3,(H,23,24). The van der Waals surface area contributed by atoms with Gasteiger partial charge < -0.3 is 10.1 Å². The number of hydrogen-bond acceptors (Lipinski definition) is 5. The van der Waals surface area contributed by atoms with E-state index in [0.29, 0.717) is 11.2 Å². The number of amides is 1. The van der Waals surface area contributed by atoms with E-state index in [-0.39, 0.29) is 23.2 Å². The fourth-order valence-corrected chi connectivity index (χ4v) is 3.43. The number of rotatable bonds is 4. The Bertz CT molecular complexity index is 1120. The number of benzene rings is 1. The Hall–Kier alpha value is -3.48. The molecule has 1 aromatic carbocycles. The minimum atomic E-state index is -0.842. The van der Waals surface area contributed by atoms with E-state index in [9.17, 15) is 14.7 Å². The van der Waals surface area contributed by atoms with Crippen molar-refractivity contribution in [2.24, 2.45) is 5.92 Å². The molecule has 7 heteroatoms. The fourth-order valence-electron chi connectivity index (χ4n) is 3.43. The summed E-state index contributed by atoms with van der Waals surface area (Å²) in [6, 6.07) is 10.1. The first kappa shape index (κ1) is 17.9. The molecule has 7 nitrogen and oxygen atoms in total. The van der Waals surface area contributed by atoms with E-state index in [1.807, 2.05) is 25.1 Å². The van der Waals surface area contributed by atoms with Crippen LogP contribution in [0.1, 0.15) is 31.1 Å². The molecule has 4 rings (SSSR count). The molecule has 1 atom stereocenters. The maximum atomic E-state index is 12.9. The number of aliphatic hydroxyl groups excluding tert-OH is 1. The number of fused-ring (bicyclic) bond motifs is 1. The smallest absolute Gasteiger partial charge is 0.296 e. The first-order chi connectivity index (χ1) is 13.4. The molecule has 2 N–H and O–H groups in total. The summed E-state index contributed by atoms with van der Waals surface area (Å²) in [5, 5.41) is 10.6. The second-order valence-corrected chi connectivity index (χ2v) is 7.19. The Labute approximate surface area is 161 Å². The van der Waals surface area contributed by atoms with Gasteiger partial charge in [0.25, 0.3) is 5.91 Å². The number of imidazole rings is 1. The number of aromatic amines is 1. The summed E-state index contributed by atoms with van der Waals surface area (Å²) in [6.07, 6.45) is 1.59. The van der Waals surface area contributed by atoms with Gasteiger partial charge in [0.2, 0.25) is 5.95 Å². The third-order valence-electron chi connectivity index (χ3n) is 4.82. The van der Waals surface area contributed by atoms with Crippen molar-refractivity contribution in [3.8, 4) is 0 Å². The molecule has 0 bridgehead atoms. The zero-order valence-electron chi connectivity index (χ0n) is 15.8. The van der Waals surface area contributed by atoms with E-state index in [1.54, 1.807) is 38.2 Å². The Balaban J connectivity index is 1.89. The summed E-state index contributed by atoms with van der Waals surface area (Å²) < 4.78 is 0. The molecule has 0 radical (unpaired) electrons. The molecule has 3 heterocycles. The zero-order chi connectivity index (χ0) is 20.0. The van der Waals surface area contributed by atoms with Gasteiger partial charge in [-0.3, -0.25) is 19.5 Å². The van der Waals surface area contributed by atoms with Crippen LogP contribution in [0.15, 0.2) is 53.9 Å². The van der Waals surface area contributed by atoms with Gasteiger partial charge in [-0.05, 0) is 36.8 Å². The monoisotopic (exact) mass is 376 g/mol. The van der Waals surface area contributed by atoms with Crippen LogP contribution in [0.25, 0.3) is 11.0 Å². The molecule has 1 unspecified atom stereocenters. The van der Waals surface area contributed by atoms with Crippen molar-refractivity contribution in [1.29, 1.82) is 0 Å². The van der Waals surface area contributed by atoms with Crippen LogP contribution in [0.4, 0.5) is 5.95 Å². The van der Waals surface area contributed by atoms with Gasteiger partial charge in [0.15, 0.2) is 11.5 Å². The van der Waals surface area contributed by atoms with Gasteiger partial charge in [-0.15, -0.1) is 0 Å². The predicted molar refractivity (Wildman–Crippen MR) is 105 cm³/mol. The number of carbonyl (C=O) groups is 2. The molecule has 0 spiro atoms. The molecular formula is C21H20N4O3. The SMILES string of the molecule is Cc1ccc2nc(N3C(=O)C(O)=C(C(=O)C(C)C)C3c3ccccn3)[nH]c2c1. The summed E-state index contributed by atoms with van der Waals surface area (Å²) in [5.41, 5.74) is 3.05. The number of Topliss-reactive ketones (excluding diaryl/α,β-unsaturated/α-hetero) is 1. The largest absolute Gasteiger partial charge is 0.503 e. The van der Waals surface area contributed by atoms with Crippen LogP contribution in [0.5, 0.6) is 0 Å². The predicted octanol–water partition coefficient (Wildman–Crippen LogP) is 3.39. The van der Waals surface area contributed by atoms with Gasteiger partial charge >= 0.3 is 0 Å². The summed E-state index contributed by atoms with van der Waals surface area (Å²) in [7, 11) is 0. The molecule has 0 saturated heterocycles. The van der Waals surface area contributed by atoms with Crippen LogP contribution in [-0.4, -0.2) is 31.7 Å². The number of pyridine rings is 1. The first-order valence-electron chi connectivity index (χ1n) is 9.06. The van der Waals surface area contributed by atoms with Crippen molar-refractivity contribution in [3.05, 3.63) is 65.2 Å². The summed E-state index contributed by atoms with van der Waals surface area (Å²) in [4.78, 5) is 39.1. The van der Waals surface area contributed by atoms with Crippen molar-refractivity contribution in [2.75, 3.05) is 4.90 Å². The van der Waals surface area contributed by atoms with Crippen molar-refractivity contribution >= 4 is 28.7 Å². The van der Waals surface area contributed by atoms with E-state index >= 15 is 0 Å². The highest BCUT2D eigenvalue weighted by Gasteiger charge is 2.46. The molecule has 0 fully saturated rings. The van der Waals surface area contributed by atoms with E-state index in [0.717, 1.165) is 11.1 Å². The van der Waals surface area contributed by atoms with Gasteiger partial charge in [0.05, 0.1) is 22.3 Å². The highest BCUT2D eigenvalue weighted by molar-refractivity contribution is 6.16. The van der Waals surface area contributed by atoms with Crippen molar-refractivity contribution in [1.82, 2.24) is 15.0 Å². The topological polar surface area (TPSA) is 99.2 Å². The lowest BCUT2D eigenvalue weighted by Crippen LogP contribution is -2.32. The highest BCUT2D eigenvalue weighted by Crippen LogP contribution is 2.40. The van der Waals surface area contributed by atoms with Crippen LogP contribution < -0.4 is 4.90 Å². The summed E-state index contributed by atoms with van der Waals surface area (Å²) in [5.74, 6) is -1.63. The second kappa shape index (κ2) is 6.60. The zero-order valence-corrected chi connectivity index (χ0v) is 15.8.